The van der Waals surface area contributed by atoms with Crippen LogP contribution in [0.1, 0.15) is 41.0 Å². The number of aliphatic carboxylic acids is 1. The van der Waals surface area contributed by atoms with Gasteiger partial charge in [0.2, 0.25) is 0 Å². The number of ether oxygens (including phenoxy) is 1. The zero-order chi connectivity index (χ0) is 14.3. The fourth-order valence-electron chi connectivity index (χ4n) is 1.16. The minimum atomic E-state index is -1.07. The summed E-state index contributed by atoms with van der Waals surface area (Å²) < 4.78 is 5.01. The standard InChI is InChI=1S/C13H23NO4/c1-9(2)7-6-8-10(11(15)16)14-12(17)18-13(3,4)5/h6-7,9-10H,8H2,1-5H3,(H,14,17)(H,15,16). The predicted octanol–water partition coefficient (Wildman–Crippen LogP) is 2.57. The molecule has 0 aliphatic rings. The Labute approximate surface area is 108 Å². The summed E-state index contributed by atoms with van der Waals surface area (Å²) in [6, 6.07) is -0.963. The lowest BCUT2D eigenvalue weighted by Crippen LogP contribution is -2.43. The van der Waals surface area contributed by atoms with Gasteiger partial charge in [-0.1, -0.05) is 26.0 Å². The lowest BCUT2D eigenvalue weighted by molar-refractivity contribution is -0.139. The molecule has 0 aromatic carbocycles. The zero-order valence-electron chi connectivity index (χ0n) is 11.7. The molecule has 0 fully saturated rings. The topological polar surface area (TPSA) is 75.6 Å². The summed E-state index contributed by atoms with van der Waals surface area (Å²) in [5, 5.41) is 11.3. The van der Waals surface area contributed by atoms with Gasteiger partial charge < -0.3 is 15.2 Å². The normalized spacial score (nSPS) is 13.7. The molecule has 0 aromatic heterocycles. The van der Waals surface area contributed by atoms with Gasteiger partial charge in [-0.05, 0) is 33.1 Å². The first kappa shape index (κ1) is 16.5. The third kappa shape index (κ3) is 8.61. The second-order valence-corrected chi connectivity index (χ2v) is 5.44. The Morgan fingerprint density at radius 1 is 1.33 bits per heavy atom. The molecule has 0 spiro atoms. The molecule has 0 aliphatic heterocycles. The van der Waals surface area contributed by atoms with Crippen molar-refractivity contribution in [1.82, 2.24) is 5.32 Å². The maximum atomic E-state index is 11.4. The molecule has 5 heteroatoms. The number of rotatable bonds is 5. The van der Waals surface area contributed by atoms with E-state index in [9.17, 15) is 9.59 Å². The lowest BCUT2D eigenvalue weighted by Gasteiger charge is -2.21. The van der Waals surface area contributed by atoms with E-state index in [0.717, 1.165) is 0 Å². The van der Waals surface area contributed by atoms with Crippen LogP contribution in [0.25, 0.3) is 0 Å². The Morgan fingerprint density at radius 3 is 2.28 bits per heavy atom. The highest BCUT2D eigenvalue weighted by atomic mass is 16.6. The second kappa shape index (κ2) is 7.03. The summed E-state index contributed by atoms with van der Waals surface area (Å²) in [6.45, 7) is 9.16. The van der Waals surface area contributed by atoms with Crippen molar-refractivity contribution in [1.29, 1.82) is 0 Å². The minimum Gasteiger partial charge on any atom is -0.480 e. The summed E-state index contributed by atoms with van der Waals surface area (Å²) in [4.78, 5) is 22.4. The highest BCUT2D eigenvalue weighted by molar-refractivity contribution is 5.80. The Morgan fingerprint density at radius 2 is 1.89 bits per heavy atom. The first-order chi connectivity index (χ1) is 8.11. The average molecular weight is 257 g/mol. The molecule has 0 aromatic rings. The largest absolute Gasteiger partial charge is 0.480 e. The van der Waals surface area contributed by atoms with Crippen molar-refractivity contribution in [2.45, 2.75) is 52.7 Å². The van der Waals surface area contributed by atoms with Gasteiger partial charge in [-0.3, -0.25) is 0 Å². The number of alkyl carbamates (subject to hydrolysis) is 1. The SMILES string of the molecule is CC(C)C=CCC(NC(=O)OC(C)(C)C)C(=O)O. The van der Waals surface area contributed by atoms with Crippen LogP contribution in [0.5, 0.6) is 0 Å². The number of carboxylic acid groups (broad SMARTS) is 1. The summed E-state index contributed by atoms with van der Waals surface area (Å²) in [5.41, 5.74) is -0.638. The number of carbonyl (C=O) groups is 2. The van der Waals surface area contributed by atoms with Gasteiger partial charge in [-0.15, -0.1) is 0 Å². The van der Waals surface area contributed by atoms with Gasteiger partial charge in [0, 0.05) is 0 Å². The van der Waals surface area contributed by atoms with Crippen molar-refractivity contribution in [2.75, 3.05) is 0 Å². The number of amides is 1. The third-order valence-corrected chi connectivity index (χ3v) is 1.88. The van der Waals surface area contributed by atoms with E-state index >= 15 is 0 Å². The molecule has 0 heterocycles. The van der Waals surface area contributed by atoms with Crippen molar-refractivity contribution in [3.8, 4) is 0 Å². The molecule has 0 radical (unpaired) electrons. The molecule has 1 amide bonds. The van der Waals surface area contributed by atoms with E-state index in [4.69, 9.17) is 9.84 Å². The van der Waals surface area contributed by atoms with Crippen LogP contribution in [-0.4, -0.2) is 28.8 Å². The molecule has 1 unspecified atom stereocenters. The first-order valence-corrected chi connectivity index (χ1v) is 6.01. The smallest absolute Gasteiger partial charge is 0.408 e. The number of carboxylic acids is 1. The summed E-state index contributed by atoms with van der Waals surface area (Å²) >= 11 is 0. The van der Waals surface area contributed by atoms with Crippen molar-refractivity contribution in [3.63, 3.8) is 0 Å². The number of hydrogen-bond donors (Lipinski definition) is 2. The van der Waals surface area contributed by atoms with E-state index in [1.165, 1.54) is 0 Å². The summed E-state index contributed by atoms with van der Waals surface area (Å²) in [7, 11) is 0. The Bertz CT molecular complexity index is 315. The number of nitrogens with one attached hydrogen (secondary N) is 1. The quantitative estimate of drug-likeness (QED) is 0.742. The zero-order valence-corrected chi connectivity index (χ0v) is 11.7. The summed E-state index contributed by atoms with van der Waals surface area (Å²) in [5.74, 6) is -0.727. The third-order valence-electron chi connectivity index (χ3n) is 1.88. The van der Waals surface area contributed by atoms with E-state index in [0.29, 0.717) is 5.92 Å². The summed E-state index contributed by atoms with van der Waals surface area (Å²) in [6.07, 6.45) is 3.17. The van der Waals surface area contributed by atoms with Gasteiger partial charge in [0.15, 0.2) is 0 Å². The molecule has 0 rings (SSSR count). The van der Waals surface area contributed by atoms with Gasteiger partial charge in [0.1, 0.15) is 11.6 Å². The molecule has 0 saturated heterocycles. The van der Waals surface area contributed by atoms with Crippen LogP contribution in [0.4, 0.5) is 4.79 Å². The average Bonchev–Trinajstić information content (AvgIpc) is 2.12. The van der Waals surface area contributed by atoms with E-state index in [1.807, 2.05) is 19.9 Å². The molecule has 0 saturated carbocycles. The van der Waals surface area contributed by atoms with Gasteiger partial charge in [0.25, 0.3) is 0 Å². The molecular weight excluding hydrogens is 234 g/mol. The molecule has 1 atom stereocenters. The number of hydrogen-bond acceptors (Lipinski definition) is 3. The van der Waals surface area contributed by atoms with Crippen LogP contribution in [0.2, 0.25) is 0 Å². The van der Waals surface area contributed by atoms with Crippen molar-refractivity contribution in [2.24, 2.45) is 5.92 Å². The Hall–Kier alpha value is -1.52. The van der Waals surface area contributed by atoms with Crippen LogP contribution in [-0.2, 0) is 9.53 Å². The fourth-order valence-corrected chi connectivity index (χ4v) is 1.16. The van der Waals surface area contributed by atoms with E-state index < -0.39 is 23.7 Å². The molecule has 18 heavy (non-hydrogen) atoms. The van der Waals surface area contributed by atoms with Crippen LogP contribution >= 0.6 is 0 Å². The monoisotopic (exact) mass is 257 g/mol. The Balaban J connectivity index is 4.37. The highest BCUT2D eigenvalue weighted by Gasteiger charge is 2.22. The maximum absolute atomic E-state index is 11.4. The lowest BCUT2D eigenvalue weighted by atomic mass is 10.1. The van der Waals surface area contributed by atoms with Gasteiger partial charge >= 0.3 is 12.1 Å². The fraction of sp³-hybridized carbons (Fsp3) is 0.692. The van der Waals surface area contributed by atoms with E-state index in [2.05, 4.69) is 5.32 Å². The Kier molecular flexibility index (Phi) is 6.44. The van der Waals surface area contributed by atoms with Crippen molar-refractivity contribution < 1.29 is 19.4 Å². The molecule has 0 aliphatic carbocycles. The van der Waals surface area contributed by atoms with Crippen molar-refractivity contribution >= 4 is 12.1 Å². The van der Waals surface area contributed by atoms with Crippen LogP contribution in [0.15, 0.2) is 12.2 Å². The minimum absolute atomic E-state index is 0.243. The van der Waals surface area contributed by atoms with E-state index in [-0.39, 0.29) is 6.42 Å². The molecule has 5 nitrogen and oxygen atoms in total. The van der Waals surface area contributed by atoms with Gasteiger partial charge in [-0.25, -0.2) is 9.59 Å². The molecule has 2 N–H and O–H groups in total. The van der Waals surface area contributed by atoms with Crippen LogP contribution < -0.4 is 5.32 Å². The number of allylic oxidation sites excluding steroid dienone is 1. The molecular formula is C13H23NO4. The van der Waals surface area contributed by atoms with Crippen LogP contribution in [0.3, 0.4) is 0 Å². The van der Waals surface area contributed by atoms with Gasteiger partial charge in [-0.2, -0.15) is 0 Å². The van der Waals surface area contributed by atoms with Crippen molar-refractivity contribution in [3.05, 3.63) is 12.2 Å². The number of carbonyl (C=O) groups excluding carboxylic acids is 1. The van der Waals surface area contributed by atoms with Crippen LogP contribution in [0, 0.1) is 5.92 Å². The highest BCUT2D eigenvalue weighted by Crippen LogP contribution is 2.07. The first-order valence-electron chi connectivity index (χ1n) is 6.01. The van der Waals surface area contributed by atoms with Gasteiger partial charge in [0.05, 0.1) is 0 Å². The molecule has 104 valence electrons. The maximum Gasteiger partial charge on any atom is 0.408 e. The molecule has 0 bridgehead atoms. The predicted molar refractivity (Wildman–Crippen MR) is 69.4 cm³/mol. The van der Waals surface area contributed by atoms with E-state index in [1.54, 1.807) is 26.8 Å². The second-order valence-electron chi connectivity index (χ2n) is 5.44.